The Morgan fingerprint density at radius 3 is 2.49 bits per heavy atom. The van der Waals surface area contributed by atoms with Crippen molar-refractivity contribution in [1.29, 1.82) is 0 Å². The first kappa shape index (κ1) is 24.1. The molecule has 2 atom stereocenters. The molecule has 1 aromatic heterocycles. The molecule has 0 bridgehead atoms. The van der Waals surface area contributed by atoms with Crippen molar-refractivity contribution in [1.82, 2.24) is 15.3 Å². The first-order chi connectivity index (χ1) is 17.2. The summed E-state index contributed by atoms with van der Waals surface area (Å²) < 4.78 is 5.70. The standard InChI is InChI=1S/C26H37N7OS/c1-20-8-5-6-12-33(20)24-18-23(32-15-13-31(14-16-32)21-9-3-2-4-10-21)28-25(29-24)30-26(35)27-19-22-11-7-17-34-22/h2-4,9-10,18,20,22H,5-8,11-17,19H2,1H3,(H2,27,28,29,30,35)/t20-,22+/m0/s1. The number of hydrogen-bond acceptors (Lipinski definition) is 7. The van der Waals surface area contributed by atoms with Gasteiger partial charge in [-0.05, 0) is 63.4 Å². The second kappa shape index (κ2) is 11.4. The molecule has 0 saturated carbocycles. The molecule has 3 aliphatic rings. The van der Waals surface area contributed by atoms with Gasteiger partial charge in [0.1, 0.15) is 11.6 Å². The van der Waals surface area contributed by atoms with Gasteiger partial charge in [0, 0.05) is 63.7 Å². The number of hydrogen-bond donors (Lipinski definition) is 2. The third kappa shape index (κ3) is 6.13. The van der Waals surface area contributed by atoms with Crippen LogP contribution in [0, 0.1) is 0 Å². The molecule has 2 aromatic rings. The van der Waals surface area contributed by atoms with E-state index in [1.54, 1.807) is 0 Å². The van der Waals surface area contributed by atoms with E-state index in [2.05, 4.69) is 68.7 Å². The van der Waals surface area contributed by atoms with Crippen molar-refractivity contribution in [3.05, 3.63) is 36.4 Å². The van der Waals surface area contributed by atoms with E-state index in [0.717, 1.165) is 63.8 Å². The number of benzene rings is 1. The topological polar surface area (TPSA) is 68.8 Å². The molecule has 0 aliphatic carbocycles. The zero-order valence-corrected chi connectivity index (χ0v) is 21.5. The van der Waals surface area contributed by atoms with E-state index in [1.807, 2.05) is 0 Å². The van der Waals surface area contributed by atoms with Gasteiger partial charge in [-0.1, -0.05) is 18.2 Å². The predicted octanol–water partition coefficient (Wildman–Crippen LogP) is 3.65. The van der Waals surface area contributed by atoms with Gasteiger partial charge in [0.2, 0.25) is 5.95 Å². The molecule has 4 heterocycles. The Labute approximate surface area is 214 Å². The molecular weight excluding hydrogens is 458 g/mol. The molecular formula is C26H37N7OS. The Morgan fingerprint density at radius 2 is 1.74 bits per heavy atom. The summed E-state index contributed by atoms with van der Waals surface area (Å²) in [7, 11) is 0. The molecule has 188 valence electrons. The largest absolute Gasteiger partial charge is 0.376 e. The molecule has 3 fully saturated rings. The molecule has 1 aromatic carbocycles. The normalized spacial score (nSPS) is 22.8. The van der Waals surface area contributed by atoms with Crippen LogP contribution in [0.3, 0.4) is 0 Å². The minimum Gasteiger partial charge on any atom is -0.376 e. The zero-order chi connectivity index (χ0) is 24.0. The molecule has 35 heavy (non-hydrogen) atoms. The first-order valence-electron chi connectivity index (χ1n) is 13.0. The van der Waals surface area contributed by atoms with Crippen molar-refractivity contribution in [3.63, 3.8) is 0 Å². The van der Waals surface area contributed by atoms with Gasteiger partial charge in [0.25, 0.3) is 0 Å². The first-order valence-corrected chi connectivity index (χ1v) is 13.4. The number of ether oxygens (including phenoxy) is 1. The van der Waals surface area contributed by atoms with Gasteiger partial charge < -0.3 is 30.1 Å². The Bertz CT molecular complexity index is 977. The van der Waals surface area contributed by atoms with Gasteiger partial charge in [0.05, 0.1) is 6.10 Å². The summed E-state index contributed by atoms with van der Waals surface area (Å²) in [5.41, 5.74) is 1.28. The van der Waals surface area contributed by atoms with Crippen LogP contribution in [-0.4, -0.2) is 73.1 Å². The average Bonchev–Trinajstić information content (AvgIpc) is 3.42. The van der Waals surface area contributed by atoms with Crippen molar-refractivity contribution in [2.45, 2.75) is 51.2 Å². The average molecular weight is 496 g/mol. The summed E-state index contributed by atoms with van der Waals surface area (Å²) in [4.78, 5) is 17.0. The SMILES string of the molecule is C[C@H]1CCCCN1c1cc(N2CCN(c3ccccc3)CC2)nc(NC(=S)NC[C@H]2CCCO2)n1. The van der Waals surface area contributed by atoms with Gasteiger partial charge in [-0.15, -0.1) is 0 Å². The molecule has 0 spiro atoms. The Morgan fingerprint density at radius 1 is 0.971 bits per heavy atom. The summed E-state index contributed by atoms with van der Waals surface area (Å²) in [6, 6.07) is 13.3. The lowest BCUT2D eigenvalue weighted by atomic mass is 10.0. The summed E-state index contributed by atoms with van der Waals surface area (Å²) in [5, 5.41) is 7.08. The number of piperazine rings is 1. The Hall–Kier alpha value is -2.65. The maximum atomic E-state index is 5.70. The van der Waals surface area contributed by atoms with Crippen molar-refractivity contribution in [3.8, 4) is 0 Å². The second-order valence-corrected chi connectivity index (χ2v) is 10.1. The van der Waals surface area contributed by atoms with Crippen LogP contribution in [0.25, 0.3) is 0 Å². The molecule has 9 heteroatoms. The molecule has 8 nitrogen and oxygen atoms in total. The summed E-state index contributed by atoms with van der Waals surface area (Å²) in [6.45, 7) is 8.64. The summed E-state index contributed by atoms with van der Waals surface area (Å²) >= 11 is 5.57. The maximum Gasteiger partial charge on any atom is 0.232 e. The maximum absolute atomic E-state index is 5.70. The van der Waals surface area contributed by atoms with Gasteiger partial charge in [-0.2, -0.15) is 9.97 Å². The number of thiocarbonyl (C=S) groups is 1. The van der Waals surface area contributed by atoms with E-state index in [4.69, 9.17) is 26.9 Å². The predicted molar refractivity (Wildman–Crippen MR) is 147 cm³/mol. The van der Waals surface area contributed by atoms with E-state index >= 15 is 0 Å². The fraction of sp³-hybridized carbons (Fsp3) is 0.577. The molecule has 5 rings (SSSR count). The molecule has 0 radical (unpaired) electrons. The van der Waals surface area contributed by atoms with Gasteiger partial charge in [-0.25, -0.2) is 0 Å². The van der Waals surface area contributed by atoms with Crippen molar-refractivity contribution in [2.24, 2.45) is 0 Å². The number of para-hydroxylation sites is 1. The van der Waals surface area contributed by atoms with Crippen LogP contribution in [0.4, 0.5) is 23.3 Å². The third-order valence-electron chi connectivity index (χ3n) is 7.26. The highest BCUT2D eigenvalue weighted by atomic mass is 32.1. The fourth-order valence-electron chi connectivity index (χ4n) is 5.22. The second-order valence-electron chi connectivity index (χ2n) is 9.73. The van der Waals surface area contributed by atoms with Crippen LogP contribution in [0.2, 0.25) is 0 Å². The lowest BCUT2D eigenvalue weighted by Gasteiger charge is -2.38. The van der Waals surface area contributed by atoms with Crippen molar-refractivity contribution in [2.75, 3.05) is 65.9 Å². The lowest BCUT2D eigenvalue weighted by Crippen LogP contribution is -2.47. The van der Waals surface area contributed by atoms with E-state index in [0.29, 0.717) is 23.6 Å². The van der Waals surface area contributed by atoms with Crippen molar-refractivity contribution >= 4 is 40.6 Å². The number of rotatable bonds is 6. The number of anilines is 4. The molecule has 3 aliphatic heterocycles. The van der Waals surface area contributed by atoms with Crippen LogP contribution >= 0.6 is 12.2 Å². The Balaban J connectivity index is 1.30. The quantitative estimate of drug-likeness (QED) is 0.585. The lowest BCUT2D eigenvalue weighted by molar-refractivity contribution is 0.114. The summed E-state index contributed by atoms with van der Waals surface area (Å²) in [5.74, 6) is 2.51. The van der Waals surface area contributed by atoms with E-state index in [1.165, 1.54) is 24.9 Å². The van der Waals surface area contributed by atoms with E-state index in [9.17, 15) is 0 Å². The van der Waals surface area contributed by atoms with Gasteiger partial charge in [0.15, 0.2) is 5.11 Å². The highest BCUT2D eigenvalue weighted by Gasteiger charge is 2.24. The minimum atomic E-state index is 0.229. The summed E-state index contributed by atoms with van der Waals surface area (Å²) in [6.07, 6.45) is 6.09. The monoisotopic (exact) mass is 495 g/mol. The minimum absolute atomic E-state index is 0.229. The molecule has 2 N–H and O–H groups in total. The van der Waals surface area contributed by atoms with Crippen LogP contribution in [0.1, 0.15) is 39.0 Å². The van der Waals surface area contributed by atoms with Crippen molar-refractivity contribution < 1.29 is 4.74 Å². The number of nitrogens with one attached hydrogen (secondary N) is 2. The zero-order valence-electron chi connectivity index (χ0n) is 20.7. The number of aromatic nitrogens is 2. The van der Waals surface area contributed by atoms with E-state index < -0.39 is 0 Å². The van der Waals surface area contributed by atoms with Gasteiger partial charge >= 0.3 is 0 Å². The number of piperidine rings is 1. The Kier molecular flexibility index (Phi) is 7.83. The highest BCUT2D eigenvalue weighted by Crippen LogP contribution is 2.28. The highest BCUT2D eigenvalue weighted by molar-refractivity contribution is 7.80. The van der Waals surface area contributed by atoms with Crippen LogP contribution in [-0.2, 0) is 4.74 Å². The smallest absolute Gasteiger partial charge is 0.232 e. The fourth-order valence-corrected chi connectivity index (χ4v) is 5.39. The molecule has 0 amide bonds. The third-order valence-corrected chi connectivity index (χ3v) is 7.51. The molecule has 0 unspecified atom stereocenters. The number of nitrogens with zero attached hydrogens (tertiary/aromatic N) is 5. The van der Waals surface area contributed by atoms with Crippen LogP contribution in [0.15, 0.2) is 36.4 Å². The van der Waals surface area contributed by atoms with Gasteiger partial charge in [-0.3, -0.25) is 0 Å². The van der Waals surface area contributed by atoms with E-state index in [-0.39, 0.29) is 6.10 Å². The molecule has 3 saturated heterocycles. The van der Waals surface area contributed by atoms with Crippen LogP contribution < -0.4 is 25.3 Å². The van der Waals surface area contributed by atoms with Crippen LogP contribution in [0.5, 0.6) is 0 Å².